The first-order valence-corrected chi connectivity index (χ1v) is 8.86. The predicted molar refractivity (Wildman–Crippen MR) is 102 cm³/mol. The van der Waals surface area contributed by atoms with Crippen molar-refractivity contribution in [2.75, 3.05) is 26.6 Å². The van der Waals surface area contributed by atoms with E-state index in [9.17, 15) is 19.5 Å². The van der Waals surface area contributed by atoms with Crippen molar-refractivity contribution in [3.05, 3.63) is 29.1 Å². The summed E-state index contributed by atoms with van der Waals surface area (Å²) in [6.45, 7) is 1.57. The Morgan fingerprint density at radius 3 is 2.30 bits per heavy atom. The molecule has 0 atom stereocenters. The molecule has 2 aromatic rings. The minimum Gasteiger partial charge on any atom is -0.493 e. The Bertz CT molecular complexity index is 941. The van der Waals surface area contributed by atoms with Crippen LogP contribution in [0.4, 0.5) is 10.5 Å². The molecule has 2 rings (SSSR count). The molecule has 0 saturated heterocycles. The van der Waals surface area contributed by atoms with E-state index in [4.69, 9.17) is 24.7 Å². The fourth-order valence-electron chi connectivity index (χ4n) is 2.37. The number of ether oxygens (including phenoxy) is 4. The molecule has 0 unspecified atom stereocenters. The highest BCUT2D eigenvalue weighted by atomic mass is 16.7. The fourth-order valence-corrected chi connectivity index (χ4v) is 2.37. The summed E-state index contributed by atoms with van der Waals surface area (Å²) < 4.78 is 19.9. The van der Waals surface area contributed by atoms with Crippen molar-refractivity contribution in [2.45, 2.75) is 26.5 Å². The second kappa shape index (κ2) is 10.1. The molecule has 1 heterocycles. The third-order valence-corrected chi connectivity index (χ3v) is 3.89. The molecule has 0 aliphatic heterocycles. The van der Waals surface area contributed by atoms with Gasteiger partial charge in [0.1, 0.15) is 0 Å². The lowest BCUT2D eigenvalue weighted by molar-refractivity contribution is 0.0256. The second-order valence-electron chi connectivity index (χ2n) is 5.92. The highest BCUT2D eigenvalue weighted by Crippen LogP contribution is 2.33. The summed E-state index contributed by atoms with van der Waals surface area (Å²) in [6, 6.07) is 2.68. The van der Waals surface area contributed by atoms with Crippen LogP contribution in [-0.2, 0) is 16.2 Å². The SMILES string of the molecule is CCCCOC(=O)OCn1nc(C(=O)O)c(C(=O)c2cc(OC)c(OC)cc2N)n1. The lowest BCUT2D eigenvalue weighted by atomic mass is 10.0. The maximum Gasteiger partial charge on any atom is 0.510 e. The molecule has 0 radical (unpaired) electrons. The predicted octanol–water partition coefficient (Wildman–Crippen LogP) is 1.72. The first kappa shape index (κ1) is 22.5. The van der Waals surface area contributed by atoms with Gasteiger partial charge in [0.2, 0.25) is 18.2 Å². The number of nitrogens with two attached hydrogens (primary N) is 1. The van der Waals surface area contributed by atoms with E-state index in [1.807, 2.05) is 6.92 Å². The summed E-state index contributed by atoms with van der Waals surface area (Å²) in [5.74, 6) is -1.78. The van der Waals surface area contributed by atoms with Gasteiger partial charge in [-0.25, -0.2) is 9.59 Å². The number of carboxylic acids is 1. The van der Waals surface area contributed by atoms with Gasteiger partial charge < -0.3 is 29.8 Å². The molecule has 0 spiro atoms. The molecule has 12 heteroatoms. The molecule has 0 fully saturated rings. The molecule has 12 nitrogen and oxygen atoms in total. The Morgan fingerprint density at radius 2 is 1.70 bits per heavy atom. The van der Waals surface area contributed by atoms with Crippen molar-refractivity contribution in [3.63, 3.8) is 0 Å². The largest absolute Gasteiger partial charge is 0.510 e. The first-order chi connectivity index (χ1) is 14.3. The maximum atomic E-state index is 12.9. The third kappa shape index (κ3) is 5.16. The number of rotatable bonds is 10. The summed E-state index contributed by atoms with van der Waals surface area (Å²) in [7, 11) is 2.78. The van der Waals surface area contributed by atoms with Gasteiger partial charge in [-0.1, -0.05) is 13.3 Å². The number of nitrogens with zero attached hydrogens (tertiary/aromatic N) is 3. The number of unbranched alkanes of at least 4 members (excludes halogenated alkanes) is 1. The number of anilines is 1. The zero-order valence-corrected chi connectivity index (χ0v) is 16.7. The molecule has 30 heavy (non-hydrogen) atoms. The van der Waals surface area contributed by atoms with E-state index in [0.717, 1.165) is 11.2 Å². The van der Waals surface area contributed by atoms with Gasteiger partial charge in [0.05, 0.1) is 26.4 Å². The van der Waals surface area contributed by atoms with E-state index in [0.29, 0.717) is 12.2 Å². The zero-order valence-electron chi connectivity index (χ0n) is 16.7. The fraction of sp³-hybridized carbons (Fsp3) is 0.389. The maximum absolute atomic E-state index is 12.9. The van der Waals surface area contributed by atoms with Crippen molar-refractivity contribution < 1.29 is 38.4 Å². The number of hydrogen-bond donors (Lipinski definition) is 2. The highest BCUT2D eigenvalue weighted by Gasteiger charge is 2.27. The average Bonchev–Trinajstić information content (AvgIpc) is 3.16. The van der Waals surface area contributed by atoms with Crippen molar-refractivity contribution in [1.29, 1.82) is 0 Å². The van der Waals surface area contributed by atoms with Crippen LogP contribution in [0.2, 0.25) is 0 Å². The quantitative estimate of drug-likeness (QED) is 0.248. The molecule has 3 N–H and O–H groups in total. The van der Waals surface area contributed by atoms with Crippen molar-refractivity contribution >= 4 is 23.6 Å². The van der Waals surface area contributed by atoms with Gasteiger partial charge in [-0.2, -0.15) is 0 Å². The molecular formula is C18H22N4O8. The molecule has 0 saturated carbocycles. The number of carbonyl (C=O) groups excluding carboxylic acids is 2. The summed E-state index contributed by atoms with van der Waals surface area (Å²) in [4.78, 5) is 36.7. The van der Waals surface area contributed by atoms with Gasteiger partial charge in [0.25, 0.3) is 0 Å². The van der Waals surface area contributed by atoms with Crippen LogP contribution < -0.4 is 15.2 Å². The molecule has 162 valence electrons. The van der Waals surface area contributed by atoms with E-state index >= 15 is 0 Å². The van der Waals surface area contributed by atoms with Gasteiger partial charge in [-0.05, 0) is 12.5 Å². The number of aromatic nitrogens is 3. The smallest absolute Gasteiger partial charge is 0.493 e. The van der Waals surface area contributed by atoms with E-state index in [1.165, 1.54) is 26.4 Å². The normalized spacial score (nSPS) is 10.4. The van der Waals surface area contributed by atoms with E-state index in [-0.39, 0.29) is 23.6 Å². The number of carbonyl (C=O) groups is 3. The van der Waals surface area contributed by atoms with E-state index in [1.54, 1.807) is 0 Å². The summed E-state index contributed by atoms with van der Waals surface area (Å²) in [6.07, 6.45) is 0.541. The van der Waals surface area contributed by atoms with Crippen LogP contribution in [0.3, 0.4) is 0 Å². The van der Waals surface area contributed by atoms with Crippen molar-refractivity contribution in [1.82, 2.24) is 15.0 Å². The van der Waals surface area contributed by atoms with Crippen LogP contribution in [0.1, 0.15) is 46.3 Å². The highest BCUT2D eigenvalue weighted by molar-refractivity contribution is 6.15. The monoisotopic (exact) mass is 422 g/mol. The molecule has 0 aliphatic rings. The standard InChI is InChI=1S/C18H22N4O8/c1-4-5-6-29-18(26)30-9-22-20-14(15(21-22)17(24)25)16(23)10-7-12(27-2)13(28-3)8-11(10)19/h7-8H,4-6,9,19H2,1-3H3,(H,24,25). The van der Waals surface area contributed by atoms with Crippen LogP contribution in [0, 0.1) is 0 Å². The van der Waals surface area contributed by atoms with Crippen LogP contribution in [0.15, 0.2) is 12.1 Å². The molecule has 1 aromatic carbocycles. The molecule has 0 bridgehead atoms. The number of aromatic carboxylic acids is 1. The molecule has 1 aromatic heterocycles. The topological polar surface area (TPSA) is 165 Å². The van der Waals surface area contributed by atoms with Crippen LogP contribution in [0.5, 0.6) is 11.5 Å². The van der Waals surface area contributed by atoms with E-state index < -0.39 is 36.0 Å². The Kier molecular flexibility index (Phi) is 7.56. The Labute approximate surface area is 171 Å². The van der Waals surface area contributed by atoms with Crippen molar-refractivity contribution in [2.24, 2.45) is 0 Å². The summed E-state index contributed by atoms with van der Waals surface area (Å²) >= 11 is 0. The molecule has 0 aliphatic carbocycles. The second-order valence-corrected chi connectivity index (χ2v) is 5.92. The molecule has 0 amide bonds. The van der Waals surface area contributed by atoms with Crippen LogP contribution >= 0.6 is 0 Å². The van der Waals surface area contributed by atoms with Gasteiger partial charge in [0.15, 0.2) is 17.2 Å². The first-order valence-electron chi connectivity index (χ1n) is 8.86. The Hall–Kier alpha value is -3.83. The number of ketones is 1. The van der Waals surface area contributed by atoms with E-state index in [2.05, 4.69) is 10.2 Å². The van der Waals surface area contributed by atoms with Gasteiger partial charge in [-0.3, -0.25) is 4.79 Å². The lowest BCUT2D eigenvalue weighted by Crippen LogP contribution is -2.14. The Balaban J connectivity index is 2.27. The van der Waals surface area contributed by atoms with Gasteiger partial charge in [-0.15, -0.1) is 15.0 Å². The number of methoxy groups -OCH3 is 2. The van der Waals surface area contributed by atoms with Crippen LogP contribution in [-0.4, -0.2) is 58.8 Å². The minimum absolute atomic E-state index is 0.0271. The summed E-state index contributed by atoms with van der Waals surface area (Å²) in [5.41, 5.74) is 4.77. The molecular weight excluding hydrogens is 400 g/mol. The minimum atomic E-state index is -1.49. The third-order valence-electron chi connectivity index (χ3n) is 3.89. The number of benzene rings is 1. The number of nitrogen functional groups attached to an aromatic ring is 1. The lowest BCUT2D eigenvalue weighted by Gasteiger charge is -2.11. The van der Waals surface area contributed by atoms with Gasteiger partial charge >= 0.3 is 12.1 Å². The average molecular weight is 422 g/mol. The van der Waals surface area contributed by atoms with Crippen molar-refractivity contribution in [3.8, 4) is 11.5 Å². The zero-order chi connectivity index (χ0) is 22.3. The van der Waals surface area contributed by atoms with Crippen LogP contribution in [0.25, 0.3) is 0 Å². The Morgan fingerprint density at radius 1 is 1.07 bits per heavy atom. The number of hydrogen-bond acceptors (Lipinski definition) is 10. The number of carboxylic acid groups (broad SMARTS) is 1. The summed E-state index contributed by atoms with van der Waals surface area (Å²) in [5, 5.41) is 16.9. The van der Waals surface area contributed by atoms with Gasteiger partial charge in [0, 0.05) is 11.8 Å².